The first-order valence-electron chi connectivity index (χ1n) is 10.6. The Bertz CT molecular complexity index is 861. The van der Waals surface area contributed by atoms with Gasteiger partial charge in [-0.3, -0.25) is 9.69 Å². The number of nitrogens with zero attached hydrogens (tertiary/aromatic N) is 3. The number of aromatic nitrogens is 1. The molecule has 8 nitrogen and oxygen atoms in total. The Balaban J connectivity index is 0.00000341. The van der Waals surface area contributed by atoms with E-state index in [1.54, 1.807) is 19.0 Å². The summed E-state index contributed by atoms with van der Waals surface area (Å²) in [5.41, 5.74) is 3.73. The number of ether oxygens (including phenoxy) is 1. The largest absolute Gasteiger partial charge is 0.379 e. The molecule has 0 saturated carbocycles. The van der Waals surface area contributed by atoms with Gasteiger partial charge in [0.2, 0.25) is 5.91 Å². The Morgan fingerprint density at radius 3 is 2.71 bits per heavy atom. The number of rotatable bonds is 8. The van der Waals surface area contributed by atoms with Crippen LogP contribution in [0.5, 0.6) is 0 Å². The van der Waals surface area contributed by atoms with Crippen molar-refractivity contribution in [2.24, 2.45) is 4.99 Å². The van der Waals surface area contributed by atoms with Crippen molar-refractivity contribution in [1.82, 2.24) is 25.4 Å². The molecule has 1 aromatic heterocycles. The lowest BCUT2D eigenvalue weighted by atomic mass is 10.1. The maximum absolute atomic E-state index is 11.9. The van der Waals surface area contributed by atoms with Gasteiger partial charge in [-0.1, -0.05) is 12.1 Å². The number of fused-ring (bicyclic) bond motifs is 1. The first-order valence-corrected chi connectivity index (χ1v) is 10.6. The molecular weight excluding hydrogens is 507 g/mol. The van der Waals surface area contributed by atoms with Crippen molar-refractivity contribution in [3.05, 3.63) is 35.5 Å². The van der Waals surface area contributed by atoms with Crippen molar-refractivity contribution < 1.29 is 9.53 Å². The van der Waals surface area contributed by atoms with Crippen LogP contribution in [0.2, 0.25) is 0 Å². The molecule has 1 aliphatic rings. The summed E-state index contributed by atoms with van der Waals surface area (Å²) in [6, 6.07) is 6.31. The number of morpholine rings is 1. The number of aromatic amines is 1. The highest BCUT2D eigenvalue weighted by molar-refractivity contribution is 14.0. The fourth-order valence-electron chi connectivity index (χ4n) is 3.58. The zero-order chi connectivity index (χ0) is 21.3. The highest BCUT2D eigenvalue weighted by atomic mass is 127. The Kier molecular flexibility index (Phi) is 10.6. The second kappa shape index (κ2) is 12.9. The van der Waals surface area contributed by atoms with Gasteiger partial charge in [0, 0.05) is 63.9 Å². The van der Waals surface area contributed by atoms with Crippen LogP contribution >= 0.6 is 24.0 Å². The lowest BCUT2D eigenvalue weighted by Crippen LogP contribution is -2.45. The van der Waals surface area contributed by atoms with Crippen LogP contribution in [0.15, 0.2) is 29.4 Å². The number of guanidine groups is 1. The quantitative estimate of drug-likeness (QED) is 0.268. The minimum Gasteiger partial charge on any atom is -0.379 e. The van der Waals surface area contributed by atoms with Crippen LogP contribution in [0.1, 0.15) is 11.1 Å². The van der Waals surface area contributed by atoms with Gasteiger partial charge in [0.05, 0.1) is 13.2 Å². The third-order valence-corrected chi connectivity index (χ3v) is 5.38. The molecule has 1 saturated heterocycles. The smallest absolute Gasteiger partial charge is 0.243 e. The lowest BCUT2D eigenvalue weighted by Gasteiger charge is -2.26. The fourth-order valence-corrected chi connectivity index (χ4v) is 3.58. The molecule has 9 heteroatoms. The molecule has 172 valence electrons. The van der Waals surface area contributed by atoms with Crippen LogP contribution in [-0.4, -0.2) is 93.2 Å². The van der Waals surface area contributed by atoms with Gasteiger partial charge in [0.1, 0.15) is 6.54 Å². The number of likely N-dealkylation sites (N-methyl/N-ethyl adjacent to an activating group) is 1. The molecule has 0 spiro atoms. The summed E-state index contributed by atoms with van der Waals surface area (Å²) in [5.74, 6) is 0.659. The molecule has 0 unspecified atom stereocenters. The van der Waals surface area contributed by atoms with Crippen LogP contribution in [0.25, 0.3) is 10.9 Å². The van der Waals surface area contributed by atoms with Gasteiger partial charge in [0.25, 0.3) is 0 Å². The monoisotopic (exact) mass is 542 g/mol. The van der Waals surface area contributed by atoms with Crippen molar-refractivity contribution in [3.8, 4) is 0 Å². The van der Waals surface area contributed by atoms with E-state index in [4.69, 9.17) is 4.74 Å². The minimum absolute atomic E-state index is 0. The highest BCUT2D eigenvalue weighted by Gasteiger charge is 2.11. The Morgan fingerprint density at radius 1 is 1.23 bits per heavy atom. The second-order valence-electron chi connectivity index (χ2n) is 7.82. The summed E-state index contributed by atoms with van der Waals surface area (Å²) in [6.07, 6.45) is 2.95. The van der Waals surface area contributed by atoms with Crippen LogP contribution in [0.3, 0.4) is 0 Å². The second-order valence-corrected chi connectivity index (χ2v) is 7.82. The molecule has 0 bridgehead atoms. The third-order valence-electron chi connectivity index (χ3n) is 5.38. The van der Waals surface area contributed by atoms with E-state index in [2.05, 4.69) is 56.8 Å². The maximum Gasteiger partial charge on any atom is 0.243 e. The molecule has 31 heavy (non-hydrogen) atoms. The van der Waals surface area contributed by atoms with Gasteiger partial charge < -0.3 is 25.3 Å². The first-order chi connectivity index (χ1) is 14.5. The number of benzene rings is 1. The lowest BCUT2D eigenvalue weighted by molar-refractivity contribution is -0.127. The average molecular weight is 542 g/mol. The van der Waals surface area contributed by atoms with E-state index in [1.807, 2.05) is 0 Å². The summed E-state index contributed by atoms with van der Waals surface area (Å²) in [7, 11) is 3.49. The molecule has 0 atom stereocenters. The topological polar surface area (TPSA) is 85.0 Å². The number of H-pyrrole nitrogens is 1. The molecule has 0 radical (unpaired) electrons. The van der Waals surface area contributed by atoms with Crippen LogP contribution in [-0.2, 0) is 16.0 Å². The molecular formula is C22H35IN6O2. The van der Waals surface area contributed by atoms with Crippen molar-refractivity contribution in [1.29, 1.82) is 0 Å². The van der Waals surface area contributed by atoms with E-state index < -0.39 is 0 Å². The molecule has 0 aliphatic carbocycles. The van der Waals surface area contributed by atoms with E-state index in [1.165, 1.54) is 22.0 Å². The Hall–Kier alpha value is -1.85. The standard InChI is InChI=1S/C22H34N6O2.HI/c1-17-5-4-6-19-21(17)18(15-25-19)7-8-23-22(26-16-20(29)27(2)3)24-9-10-28-11-13-30-14-12-28;/h4-6,15,25H,7-14,16H2,1-3H3,(H2,23,24,26);1H. The zero-order valence-corrected chi connectivity index (χ0v) is 21.1. The molecule has 1 aromatic carbocycles. The van der Waals surface area contributed by atoms with Crippen LogP contribution < -0.4 is 10.6 Å². The molecule has 2 heterocycles. The molecule has 1 aliphatic heterocycles. The number of carbonyl (C=O) groups is 1. The molecule has 1 fully saturated rings. The zero-order valence-electron chi connectivity index (χ0n) is 18.7. The van der Waals surface area contributed by atoms with Gasteiger partial charge in [0.15, 0.2) is 5.96 Å². The van der Waals surface area contributed by atoms with E-state index in [0.717, 1.165) is 52.4 Å². The van der Waals surface area contributed by atoms with Gasteiger partial charge in [-0.05, 0) is 30.5 Å². The summed E-state index contributed by atoms with van der Waals surface area (Å²) >= 11 is 0. The molecule has 1 amide bonds. The number of nitrogens with one attached hydrogen (secondary N) is 3. The van der Waals surface area contributed by atoms with Crippen molar-refractivity contribution in [2.45, 2.75) is 13.3 Å². The highest BCUT2D eigenvalue weighted by Crippen LogP contribution is 2.22. The number of aliphatic imine (C=N–C) groups is 1. The van der Waals surface area contributed by atoms with E-state index in [9.17, 15) is 4.79 Å². The summed E-state index contributed by atoms with van der Waals surface area (Å²) in [4.78, 5) is 23.7. The fraction of sp³-hybridized carbons (Fsp3) is 0.545. The number of carbonyl (C=O) groups excluding carboxylic acids is 1. The van der Waals surface area contributed by atoms with Crippen LogP contribution in [0, 0.1) is 6.92 Å². The van der Waals surface area contributed by atoms with E-state index in [0.29, 0.717) is 5.96 Å². The van der Waals surface area contributed by atoms with Crippen molar-refractivity contribution in [3.63, 3.8) is 0 Å². The van der Waals surface area contributed by atoms with Crippen LogP contribution in [0.4, 0.5) is 0 Å². The third kappa shape index (κ3) is 7.65. The van der Waals surface area contributed by atoms with Crippen molar-refractivity contribution >= 4 is 46.7 Å². The Morgan fingerprint density at radius 2 is 1.97 bits per heavy atom. The molecule has 3 N–H and O–H groups in total. The van der Waals surface area contributed by atoms with E-state index in [-0.39, 0.29) is 36.4 Å². The first kappa shape index (κ1) is 25.4. The number of amides is 1. The summed E-state index contributed by atoms with van der Waals surface area (Å²) in [6.45, 7) is 8.21. The van der Waals surface area contributed by atoms with Gasteiger partial charge in [-0.15, -0.1) is 24.0 Å². The predicted molar refractivity (Wildman–Crippen MR) is 136 cm³/mol. The molecule has 2 aromatic rings. The number of aryl methyl sites for hydroxylation is 1. The molecule has 3 rings (SSSR count). The SMILES string of the molecule is Cc1cccc2[nH]cc(CCNC(=NCC(=O)N(C)C)NCCN3CCOCC3)c12.I. The van der Waals surface area contributed by atoms with Gasteiger partial charge in [-0.2, -0.15) is 0 Å². The van der Waals surface area contributed by atoms with E-state index >= 15 is 0 Å². The maximum atomic E-state index is 11.9. The summed E-state index contributed by atoms with van der Waals surface area (Å²) < 4.78 is 5.40. The minimum atomic E-state index is -0.0171. The van der Waals surface area contributed by atoms with Gasteiger partial charge >= 0.3 is 0 Å². The number of hydrogen-bond donors (Lipinski definition) is 3. The Labute approximate surface area is 201 Å². The van der Waals surface area contributed by atoms with Gasteiger partial charge in [-0.25, -0.2) is 4.99 Å². The van der Waals surface area contributed by atoms with Crippen molar-refractivity contribution in [2.75, 3.05) is 66.6 Å². The number of halogens is 1. The normalized spacial score (nSPS) is 14.9. The average Bonchev–Trinajstić information content (AvgIpc) is 3.16. The number of hydrogen-bond acceptors (Lipinski definition) is 4. The summed E-state index contributed by atoms with van der Waals surface area (Å²) in [5, 5.41) is 8.05. The predicted octanol–water partition coefficient (Wildman–Crippen LogP) is 1.59.